The standard InChI is InChI=1S/C26H28ClN3O2.2CH2O/c1-2-4-18-5-3-6-19(15-18)21-7-8-23(32-14-11-30-9-12-31-13-10-30)25-24(21)22-16-20(27)17-28-26(22)29-25;2*1-2/h3,5-8,15-17H,2,4,9-14H2,1H3,(H,28,29);2*1H2. The van der Waals surface area contributed by atoms with E-state index < -0.39 is 0 Å². The Labute approximate surface area is 216 Å². The van der Waals surface area contributed by atoms with Gasteiger partial charge in [0.05, 0.1) is 23.8 Å². The topological polar surface area (TPSA) is 84.5 Å². The number of carbonyl (C=O) groups is 2. The number of halogens is 1. The highest BCUT2D eigenvalue weighted by Gasteiger charge is 2.17. The monoisotopic (exact) mass is 509 g/mol. The number of nitrogens with one attached hydrogen (secondary N) is 1. The molecule has 2 aromatic heterocycles. The summed E-state index contributed by atoms with van der Waals surface area (Å²) >= 11 is 6.33. The predicted molar refractivity (Wildman–Crippen MR) is 145 cm³/mol. The number of aromatic amines is 1. The fraction of sp³-hybridized carbons (Fsp3) is 0.321. The van der Waals surface area contributed by atoms with Crippen LogP contribution >= 0.6 is 11.6 Å². The van der Waals surface area contributed by atoms with Crippen LogP contribution in [0.5, 0.6) is 5.75 Å². The maximum absolute atomic E-state index is 8.00. The Kier molecular flexibility index (Phi) is 10.4. The molecule has 1 fully saturated rings. The fourth-order valence-corrected chi connectivity index (χ4v) is 4.65. The summed E-state index contributed by atoms with van der Waals surface area (Å²) in [5, 5.41) is 2.75. The molecule has 0 atom stereocenters. The van der Waals surface area contributed by atoms with Gasteiger partial charge in [0.1, 0.15) is 31.6 Å². The van der Waals surface area contributed by atoms with E-state index in [1.807, 2.05) is 19.6 Å². The van der Waals surface area contributed by atoms with Crippen LogP contribution < -0.4 is 4.74 Å². The number of aryl methyl sites for hydroxylation is 1. The Morgan fingerprint density at radius 3 is 2.64 bits per heavy atom. The molecular weight excluding hydrogens is 478 g/mol. The van der Waals surface area contributed by atoms with Crippen LogP contribution in [0, 0.1) is 0 Å². The van der Waals surface area contributed by atoms with Crippen LogP contribution in [0.3, 0.4) is 0 Å². The molecule has 2 aromatic carbocycles. The second kappa shape index (κ2) is 13.7. The molecule has 190 valence electrons. The van der Waals surface area contributed by atoms with Crippen LogP contribution in [0.2, 0.25) is 5.02 Å². The maximum Gasteiger partial charge on any atom is 0.143 e. The van der Waals surface area contributed by atoms with Crippen LogP contribution in [0.15, 0.2) is 48.7 Å². The minimum Gasteiger partial charge on any atom is -0.490 e. The number of morpholine rings is 1. The highest BCUT2D eigenvalue weighted by atomic mass is 35.5. The van der Waals surface area contributed by atoms with Crippen LogP contribution in [-0.4, -0.2) is 67.9 Å². The van der Waals surface area contributed by atoms with Gasteiger partial charge in [-0.3, -0.25) is 4.90 Å². The summed E-state index contributed by atoms with van der Waals surface area (Å²) in [7, 11) is 0. The number of rotatable bonds is 7. The molecule has 0 bridgehead atoms. The maximum atomic E-state index is 8.00. The van der Waals surface area contributed by atoms with E-state index in [0.717, 1.165) is 78.9 Å². The van der Waals surface area contributed by atoms with Crippen molar-refractivity contribution in [2.45, 2.75) is 19.8 Å². The number of H-pyrrole nitrogens is 1. The van der Waals surface area contributed by atoms with Gasteiger partial charge in [0.15, 0.2) is 0 Å². The van der Waals surface area contributed by atoms with E-state index in [2.05, 4.69) is 58.2 Å². The van der Waals surface area contributed by atoms with Gasteiger partial charge >= 0.3 is 0 Å². The smallest absolute Gasteiger partial charge is 0.143 e. The molecule has 0 spiro atoms. The highest BCUT2D eigenvalue weighted by molar-refractivity contribution is 6.31. The first kappa shape index (κ1) is 27.3. The van der Waals surface area contributed by atoms with Crippen molar-refractivity contribution in [1.82, 2.24) is 14.9 Å². The number of fused-ring (bicyclic) bond motifs is 3. The normalized spacial score (nSPS) is 13.5. The molecule has 0 aliphatic carbocycles. The Bertz CT molecular complexity index is 1270. The van der Waals surface area contributed by atoms with Crippen molar-refractivity contribution in [2.75, 3.05) is 39.5 Å². The molecule has 8 heteroatoms. The SMILES string of the molecule is C=O.C=O.CCCc1cccc(-c2ccc(OCCN3CCOCC3)c3[nH]c4ncc(Cl)cc4c23)c1. The number of aromatic nitrogens is 2. The van der Waals surface area contributed by atoms with Gasteiger partial charge in [0, 0.05) is 36.6 Å². The number of hydrogen-bond donors (Lipinski definition) is 1. The van der Waals surface area contributed by atoms with Crippen LogP contribution in [-0.2, 0) is 20.7 Å². The van der Waals surface area contributed by atoms with E-state index in [4.69, 9.17) is 30.7 Å². The average Bonchev–Trinajstić information content (AvgIpc) is 3.31. The molecule has 0 amide bonds. The van der Waals surface area contributed by atoms with Gasteiger partial charge in [-0.05, 0) is 41.3 Å². The lowest BCUT2D eigenvalue weighted by atomic mass is 9.97. The summed E-state index contributed by atoms with van der Waals surface area (Å²) in [5.41, 5.74) is 5.49. The number of hydrogen-bond acceptors (Lipinski definition) is 6. The molecule has 1 aliphatic heterocycles. The first-order valence-corrected chi connectivity index (χ1v) is 12.3. The largest absolute Gasteiger partial charge is 0.490 e. The number of nitrogens with zero attached hydrogens (tertiary/aromatic N) is 2. The predicted octanol–water partition coefficient (Wildman–Crippen LogP) is 5.33. The molecule has 1 N–H and O–H groups in total. The molecule has 1 saturated heterocycles. The first-order valence-electron chi connectivity index (χ1n) is 11.9. The van der Waals surface area contributed by atoms with Gasteiger partial charge in [-0.2, -0.15) is 0 Å². The van der Waals surface area contributed by atoms with Crippen molar-refractivity contribution in [3.05, 3.63) is 59.2 Å². The Hall–Kier alpha value is -3.26. The van der Waals surface area contributed by atoms with E-state index in [1.165, 1.54) is 11.1 Å². The zero-order chi connectivity index (χ0) is 25.9. The van der Waals surface area contributed by atoms with Crippen molar-refractivity contribution < 1.29 is 19.1 Å². The number of ether oxygens (including phenoxy) is 2. The van der Waals surface area contributed by atoms with E-state index >= 15 is 0 Å². The summed E-state index contributed by atoms with van der Waals surface area (Å²) in [6.07, 6.45) is 3.88. The summed E-state index contributed by atoms with van der Waals surface area (Å²) in [5.74, 6) is 0.843. The van der Waals surface area contributed by atoms with Crippen molar-refractivity contribution in [3.63, 3.8) is 0 Å². The van der Waals surface area contributed by atoms with Gasteiger partial charge in [-0.1, -0.05) is 49.2 Å². The van der Waals surface area contributed by atoms with Gasteiger partial charge in [-0.15, -0.1) is 0 Å². The van der Waals surface area contributed by atoms with Crippen LogP contribution in [0.1, 0.15) is 18.9 Å². The number of benzene rings is 2. The first-order chi connectivity index (χ1) is 17.7. The average molecular weight is 510 g/mol. The summed E-state index contributed by atoms with van der Waals surface area (Å²) in [6, 6.07) is 15.0. The van der Waals surface area contributed by atoms with Gasteiger partial charge in [0.25, 0.3) is 0 Å². The molecule has 0 radical (unpaired) electrons. The molecule has 0 saturated carbocycles. The van der Waals surface area contributed by atoms with E-state index in [0.29, 0.717) is 11.6 Å². The minimum atomic E-state index is 0.628. The number of pyridine rings is 1. The lowest BCUT2D eigenvalue weighted by Crippen LogP contribution is -2.38. The minimum absolute atomic E-state index is 0.628. The molecule has 5 rings (SSSR count). The molecule has 4 aromatic rings. The quantitative estimate of drug-likeness (QED) is 0.362. The summed E-state index contributed by atoms with van der Waals surface area (Å²) in [6.45, 7) is 11.2. The molecule has 7 nitrogen and oxygen atoms in total. The van der Waals surface area contributed by atoms with E-state index in [9.17, 15) is 0 Å². The summed E-state index contributed by atoms with van der Waals surface area (Å²) < 4.78 is 11.7. The van der Waals surface area contributed by atoms with Gasteiger partial charge < -0.3 is 24.0 Å². The lowest BCUT2D eigenvalue weighted by molar-refractivity contribution is -0.0987. The molecule has 3 heterocycles. The lowest BCUT2D eigenvalue weighted by Gasteiger charge is -2.26. The molecule has 1 aliphatic rings. The third kappa shape index (κ3) is 6.29. The van der Waals surface area contributed by atoms with Crippen molar-refractivity contribution >= 4 is 47.1 Å². The zero-order valence-corrected chi connectivity index (χ0v) is 21.4. The van der Waals surface area contributed by atoms with Crippen molar-refractivity contribution in [2.24, 2.45) is 0 Å². The van der Waals surface area contributed by atoms with Crippen LogP contribution in [0.25, 0.3) is 33.1 Å². The van der Waals surface area contributed by atoms with E-state index in [1.54, 1.807) is 6.20 Å². The molecule has 36 heavy (non-hydrogen) atoms. The van der Waals surface area contributed by atoms with Crippen molar-refractivity contribution in [1.29, 1.82) is 0 Å². The van der Waals surface area contributed by atoms with E-state index in [-0.39, 0.29) is 0 Å². The van der Waals surface area contributed by atoms with Crippen molar-refractivity contribution in [3.8, 4) is 16.9 Å². The van der Waals surface area contributed by atoms with Gasteiger partial charge in [-0.25, -0.2) is 4.98 Å². The Morgan fingerprint density at radius 1 is 1.11 bits per heavy atom. The molecule has 0 unspecified atom stereocenters. The molecular formula is C28H32ClN3O4. The Morgan fingerprint density at radius 2 is 1.89 bits per heavy atom. The highest BCUT2D eigenvalue weighted by Crippen LogP contribution is 2.39. The second-order valence-electron chi connectivity index (χ2n) is 8.29. The third-order valence-corrected chi connectivity index (χ3v) is 6.29. The van der Waals surface area contributed by atoms with Crippen LogP contribution in [0.4, 0.5) is 0 Å². The van der Waals surface area contributed by atoms with Gasteiger partial charge in [0.2, 0.25) is 0 Å². The summed E-state index contributed by atoms with van der Waals surface area (Å²) in [4.78, 5) is 26.4. The Balaban J connectivity index is 0.000000861. The fourth-order valence-electron chi connectivity index (χ4n) is 4.49. The second-order valence-corrected chi connectivity index (χ2v) is 8.73. The number of carbonyl (C=O) groups excluding carboxylic acids is 2. The third-order valence-electron chi connectivity index (χ3n) is 6.08. The zero-order valence-electron chi connectivity index (χ0n) is 20.6.